The van der Waals surface area contributed by atoms with Crippen molar-refractivity contribution in [2.24, 2.45) is 5.16 Å². The van der Waals surface area contributed by atoms with Crippen LogP contribution < -0.4 is 0 Å². The van der Waals surface area contributed by atoms with E-state index in [2.05, 4.69) is 14.6 Å². The maximum Gasteiger partial charge on any atom is 0.515 e. The van der Waals surface area contributed by atoms with Gasteiger partial charge in [0.2, 0.25) is 0 Å². The Morgan fingerprint density at radius 2 is 1.93 bits per heavy atom. The van der Waals surface area contributed by atoms with E-state index in [-0.39, 0.29) is 5.71 Å². The summed E-state index contributed by atoms with van der Waals surface area (Å²) in [7, 11) is 0. The van der Waals surface area contributed by atoms with E-state index in [1.54, 1.807) is 24.3 Å². The van der Waals surface area contributed by atoms with E-state index >= 15 is 0 Å². The lowest BCUT2D eigenvalue weighted by molar-refractivity contribution is -0.142. The second-order valence-corrected chi connectivity index (χ2v) is 2.67. The van der Waals surface area contributed by atoms with Crippen LogP contribution in [0.3, 0.4) is 0 Å². The van der Waals surface area contributed by atoms with Gasteiger partial charge in [0.05, 0.1) is 0 Å². The number of benzene rings is 1. The van der Waals surface area contributed by atoms with E-state index in [0.717, 1.165) is 0 Å². The van der Waals surface area contributed by atoms with Crippen molar-refractivity contribution in [2.75, 3.05) is 0 Å². The summed E-state index contributed by atoms with van der Waals surface area (Å²) >= 11 is 0. The SMILES string of the molecule is O=C1OC(/C(=N/O)c2ccccc2)O1. The number of carbonyl (C=O) groups is 1. The quantitative estimate of drug-likeness (QED) is 0.333. The van der Waals surface area contributed by atoms with Crippen molar-refractivity contribution in [2.45, 2.75) is 6.29 Å². The summed E-state index contributed by atoms with van der Waals surface area (Å²) in [5.41, 5.74) is 0.831. The highest BCUT2D eigenvalue weighted by Crippen LogP contribution is 2.16. The van der Waals surface area contributed by atoms with Crippen molar-refractivity contribution in [1.82, 2.24) is 0 Å². The number of hydrogen-bond donors (Lipinski definition) is 1. The smallest absolute Gasteiger partial charge is 0.410 e. The molecule has 5 heteroatoms. The predicted octanol–water partition coefficient (Wildman–Crippen LogP) is 1.36. The molecule has 0 saturated carbocycles. The molecule has 0 atom stereocenters. The minimum absolute atomic E-state index is 0.185. The highest BCUT2D eigenvalue weighted by atomic mass is 16.9. The number of nitrogens with zero attached hydrogens (tertiary/aromatic N) is 1. The number of rotatable bonds is 2. The van der Waals surface area contributed by atoms with Gasteiger partial charge >= 0.3 is 12.4 Å². The van der Waals surface area contributed by atoms with Gasteiger partial charge in [-0.2, -0.15) is 0 Å². The Hall–Kier alpha value is -2.04. The van der Waals surface area contributed by atoms with E-state index in [4.69, 9.17) is 5.21 Å². The molecule has 1 fully saturated rings. The summed E-state index contributed by atoms with van der Waals surface area (Å²) in [6.45, 7) is 0. The zero-order valence-electron chi connectivity index (χ0n) is 7.08. The summed E-state index contributed by atoms with van der Waals surface area (Å²) in [5.74, 6) is 0. The van der Waals surface area contributed by atoms with Crippen molar-refractivity contribution in [1.29, 1.82) is 0 Å². The monoisotopic (exact) mass is 193 g/mol. The summed E-state index contributed by atoms with van der Waals surface area (Å²) in [4.78, 5) is 10.4. The van der Waals surface area contributed by atoms with Crippen LogP contribution >= 0.6 is 0 Å². The molecule has 1 saturated heterocycles. The molecule has 0 unspecified atom stereocenters. The molecule has 0 radical (unpaired) electrons. The maximum atomic E-state index is 10.4. The van der Waals surface area contributed by atoms with Crippen LogP contribution in [0.5, 0.6) is 0 Å². The van der Waals surface area contributed by atoms with Crippen molar-refractivity contribution in [3.8, 4) is 0 Å². The lowest BCUT2D eigenvalue weighted by Gasteiger charge is -2.25. The van der Waals surface area contributed by atoms with Gasteiger partial charge in [0.25, 0.3) is 0 Å². The van der Waals surface area contributed by atoms with Gasteiger partial charge in [-0.1, -0.05) is 35.5 Å². The molecule has 14 heavy (non-hydrogen) atoms. The van der Waals surface area contributed by atoms with E-state index in [9.17, 15) is 4.79 Å². The third-order valence-corrected chi connectivity index (χ3v) is 1.81. The number of hydrogen-bond acceptors (Lipinski definition) is 5. The second-order valence-electron chi connectivity index (χ2n) is 2.67. The van der Waals surface area contributed by atoms with Crippen LogP contribution in [0.15, 0.2) is 35.5 Å². The molecule has 2 rings (SSSR count). The average Bonchev–Trinajstić information content (AvgIpc) is 2.18. The summed E-state index contributed by atoms with van der Waals surface area (Å²) < 4.78 is 9.19. The fourth-order valence-corrected chi connectivity index (χ4v) is 1.15. The van der Waals surface area contributed by atoms with Crippen LogP contribution in [0.4, 0.5) is 4.79 Å². The van der Waals surface area contributed by atoms with Crippen LogP contribution in [-0.2, 0) is 9.47 Å². The Morgan fingerprint density at radius 3 is 2.43 bits per heavy atom. The third kappa shape index (κ3) is 1.39. The minimum atomic E-state index is -0.894. The second kappa shape index (κ2) is 3.37. The lowest BCUT2D eigenvalue weighted by atomic mass is 10.1. The van der Waals surface area contributed by atoms with Gasteiger partial charge < -0.3 is 14.7 Å². The van der Waals surface area contributed by atoms with Crippen molar-refractivity contribution in [3.05, 3.63) is 35.9 Å². The highest BCUT2D eigenvalue weighted by Gasteiger charge is 2.36. The average molecular weight is 193 g/mol. The van der Waals surface area contributed by atoms with Crippen LogP contribution in [0.1, 0.15) is 5.56 Å². The first-order chi connectivity index (χ1) is 6.81. The first-order valence-corrected chi connectivity index (χ1v) is 3.96. The van der Waals surface area contributed by atoms with Gasteiger partial charge in [0.1, 0.15) is 0 Å². The molecule has 0 aliphatic carbocycles. The standard InChI is InChI=1S/C9H7NO4/c11-9-13-8(14-9)7(10-12)6-4-2-1-3-5-6/h1-5,8,12H/b10-7+. The van der Waals surface area contributed by atoms with E-state index in [1.807, 2.05) is 6.07 Å². The van der Waals surface area contributed by atoms with Crippen molar-refractivity contribution >= 4 is 11.9 Å². The molecule has 1 aromatic carbocycles. The Kier molecular flexibility index (Phi) is 2.06. The molecule has 72 valence electrons. The predicted molar refractivity (Wildman–Crippen MR) is 46.1 cm³/mol. The number of cyclic esters (lactones) is 2. The zero-order chi connectivity index (χ0) is 9.97. The van der Waals surface area contributed by atoms with Crippen LogP contribution in [0.25, 0.3) is 0 Å². The Bertz CT molecular complexity index is 366. The van der Waals surface area contributed by atoms with Crippen molar-refractivity contribution in [3.63, 3.8) is 0 Å². The molecule has 5 nitrogen and oxygen atoms in total. The molecule has 1 heterocycles. The molecule has 1 aromatic rings. The Morgan fingerprint density at radius 1 is 1.29 bits per heavy atom. The summed E-state index contributed by atoms with van der Waals surface area (Å²) in [6.07, 6.45) is -1.65. The topological polar surface area (TPSA) is 68.1 Å². The normalized spacial score (nSPS) is 16.9. The van der Waals surface area contributed by atoms with E-state index < -0.39 is 12.4 Å². The lowest BCUT2D eigenvalue weighted by Crippen LogP contribution is -2.42. The van der Waals surface area contributed by atoms with Gasteiger partial charge in [-0.15, -0.1) is 0 Å². The highest BCUT2D eigenvalue weighted by molar-refractivity contribution is 6.05. The molecule has 0 spiro atoms. The maximum absolute atomic E-state index is 10.4. The van der Waals surface area contributed by atoms with Gasteiger partial charge in [-0.05, 0) is 0 Å². The molecule has 1 N–H and O–H groups in total. The fourth-order valence-electron chi connectivity index (χ4n) is 1.15. The number of oxime groups is 1. The van der Waals surface area contributed by atoms with Gasteiger partial charge in [-0.25, -0.2) is 4.79 Å². The zero-order valence-corrected chi connectivity index (χ0v) is 7.08. The summed E-state index contributed by atoms with van der Waals surface area (Å²) in [6, 6.07) is 8.84. The van der Waals surface area contributed by atoms with Crippen molar-refractivity contribution < 1.29 is 19.5 Å². The third-order valence-electron chi connectivity index (χ3n) is 1.81. The number of carbonyl (C=O) groups excluding carboxylic acids is 1. The largest absolute Gasteiger partial charge is 0.515 e. The molecular weight excluding hydrogens is 186 g/mol. The Balaban J connectivity index is 2.20. The fraction of sp³-hybridized carbons (Fsp3) is 0.111. The molecular formula is C9H7NO4. The number of ether oxygens (including phenoxy) is 2. The molecule has 0 amide bonds. The first kappa shape index (κ1) is 8.55. The van der Waals surface area contributed by atoms with E-state index in [0.29, 0.717) is 5.56 Å². The summed E-state index contributed by atoms with van der Waals surface area (Å²) in [5, 5.41) is 11.7. The molecule has 0 aromatic heterocycles. The van der Waals surface area contributed by atoms with Gasteiger partial charge in [0.15, 0.2) is 5.71 Å². The Labute approximate surface area is 79.6 Å². The van der Waals surface area contributed by atoms with E-state index in [1.165, 1.54) is 0 Å². The van der Waals surface area contributed by atoms with Crippen LogP contribution in [0, 0.1) is 0 Å². The molecule has 1 aliphatic rings. The van der Waals surface area contributed by atoms with Gasteiger partial charge in [-0.3, -0.25) is 0 Å². The first-order valence-electron chi connectivity index (χ1n) is 3.96. The van der Waals surface area contributed by atoms with Crippen LogP contribution in [0.2, 0.25) is 0 Å². The van der Waals surface area contributed by atoms with Gasteiger partial charge in [0, 0.05) is 5.56 Å². The molecule has 1 aliphatic heterocycles. The van der Waals surface area contributed by atoms with Crippen LogP contribution in [-0.4, -0.2) is 23.4 Å². The minimum Gasteiger partial charge on any atom is -0.410 e. The molecule has 0 bridgehead atoms.